The summed E-state index contributed by atoms with van der Waals surface area (Å²) in [6.45, 7) is 3.95. The quantitative estimate of drug-likeness (QED) is 0.535. The van der Waals surface area contributed by atoms with Crippen LogP contribution in [-0.2, 0) is 4.79 Å². The predicted molar refractivity (Wildman–Crippen MR) is 116 cm³/mol. The van der Waals surface area contributed by atoms with E-state index in [1.165, 1.54) is 30.0 Å². The Labute approximate surface area is 173 Å². The minimum absolute atomic E-state index is 0.0279. The smallest absolute Gasteiger partial charge is 0.258 e. The molecule has 29 heavy (non-hydrogen) atoms. The van der Waals surface area contributed by atoms with E-state index in [1.807, 2.05) is 44.2 Å². The Kier molecular flexibility index (Phi) is 6.67. The summed E-state index contributed by atoms with van der Waals surface area (Å²) < 4.78 is 13.8. The topological polar surface area (TPSA) is 58.2 Å². The number of anilines is 2. The zero-order valence-corrected chi connectivity index (χ0v) is 17.0. The molecule has 3 aromatic carbocycles. The van der Waals surface area contributed by atoms with E-state index in [0.29, 0.717) is 5.69 Å². The second kappa shape index (κ2) is 9.39. The highest BCUT2D eigenvalue weighted by atomic mass is 32.2. The molecule has 4 nitrogen and oxygen atoms in total. The third kappa shape index (κ3) is 5.45. The van der Waals surface area contributed by atoms with Crippen molar-refractivity contribution in [2.24, 2.45) is 0 Å². The number of nitrogens with one attached hydrogen (secondary N) is 2. The molecule has 0 heterocycles. The van der Waals surface area contributed by atoms with Gasteiger partial charge < -0.3 is 10.6 Å². The zero-order valence-electron chi connectivity index (χ0n) is 16.2. The maximum absolute atomic E-state index is 13.8. The average Bonchev–Trinajstić information content (AvgIpc) is 2.70. The van der Waals surface area contributed by atoms with Crippen molar-refractivity contribution in [2.75, 3.05) is 16.4 Å². The zero-order chi connectivity index (χ0) is 20.8. The summed E-state index contributed by atoms with van der Waals surface area (Å²) in [5, 5.41) is 5.63. The maximum Gasteiger partial charge on any atom is 0.258 e. The van der Waals surface area contributed by atoms with Crippen LogP contribution in [0.3, 0.4) is 0 Å². The summed E-state index contributed by atoms with van der Waals surface area (Å²) in [5.41, 5.74) is 3.42. The minimum Gasteiger partial charge on any atom is -0.325 e. The first-order valence-electron chi connectivity index (χ1n) is 9.09. The summed E-state index contributed by atoms with van der Waals surface area (Å²) in [7, 11) is 0. The number of benzene rings is 3. The number of aryl methyl sites for hydroxylation is 2. The van der Waals surface area contributed by atoms with E-state index in [-0.39, 0.29) is 17.2 Å². The molecule has 0 unspecified atom stereocenters. The number of hydrogen-bond acceptors (Lipinski definition) is 3. The Hall–Kier alpha value is -3.12. The number of hydrogen-bond donors (Lipinski definition) is 2. The van der Waals surface area contributed by atoms with Crippen molar-refractivity contribution >= 4 is 35.0 Å². The minimum atomic E-state index is -0.581. The Bertz CT molecular complexity index is 1050. The number of amides is 2. The van der Waals surface area contributed by atoms with Gasteiger partial charge >= 0.3 is 0 Å². The van der Waals surface area contributed by atoms with Crippen LogP contribution in [0.5, 0.6) is 0 Å². The average molecular weight is 408 g/mol. The molecule has 0 aromatic heterocycles. The summed E-state index contributed by atoms with van der Waals surface area (Å²) in [4.78, 5) is 25.5. The number of para-hydroxylation sites is 1. The normalized spacial score (nSPS) is 10.4. The van der Waals surface area contributed by atoms with Crippen LogP contribution < -0.4 is 10.6 Å². The molecule has 0 atom stereocenters. The summed E-state index contributed by atoms with van der Waals surface area (Å²) >= 11 is 1.30. The molecule has 0 saturated carbocycles. The van der Waals surface area contributed by atoms with Gasteiger partial charge in [-0.05, 0) is 49.7 Å². The third-order valence-corrected chi connectivity index (χ3v) is 5.34. The van der Waals surface area contributed by atoms with Crippen molar-refractivity contribution in [1.29, 1.82) is 0 Å². The first-order valence-corrected chi connectivity index (χ1v) is 10.1. The molecule has 0 aliphatic rings. The fraction of sp³-hybridized carbons (Fsp3) is 0.130. The fourth-order valence-electron chi connectivity index (χ4n) is 2.81. The van der Waals surface area contributed by atoms with E-state index in [0.717, 1.165) is 21.7 Å². The molecule has 0 aliphatic carbocycles. The van der Waals surface area contributed by atoms with Gasteiger partial charge in [0, 0.05) is 10.6 Å². The van der Waals surface area contributed by atoms with Crippen molar-refractivity contribution in [3.05, 3.63) is 89.2 Å². The number of halogens is 1. The lowest BCUT2D eigenvalue weighted by Gasteiger charge is -2.12. The lowest BCUT2D eigenvalue weighted by atomic mass is 10.1. The molecule has 6 heteroatoms. The van der Waals surface area contributed by atoms with Gasteiger partial charge in [0.05, 0.1) is 17.0 Å². The highest BCUT2D eigenvalue weighted by molar-refractivity contribution is 8.00. The molecule has 3 rings (SSSR count). The van der Waals surface area contributed by atoms with Gasteiger partial charge in [0.25, 0.3) is 5.91 Å². The highest BCUT2D eigenvalue weighted by Gasteiger charge is 2.14. The van der Waals surface area contributed by atoms with Gasteiger partial charge in [0.2, 0.25) is 5.91 Å². The van der Waals surface area contributed by atoms with Crippen molar-refractivity contribution in [3.8, 4) is 0 Å². The third-order valence-electron chi connectivity index (χ3n) is 4.27. The van der Waals surface area contributed by atoms with Crippen LogP contribution >= 0.6 is 11.8 Å². The number of thioether (sulfide) groups is 1. The van der Waals surface area contributed by atoms with Gasteiger partial charge in [-0.2, -0.15) is 0 Å². The molecule has 2 amide bonds. The van der Waals surface area contributed by atoms with Gasteiger partial charge in [-0.15, -0.1) is 11.8 Å². The Morgan fingerprint density at radius 2 is 1.62 bits per heavy atom. The van der Waals surface area contributed by atoms with Crippen LogP contribution in [0.4, 0.5) is 15.8 Å². The van der Waals surface area contributed by atoms with Crippen LogP contribution in [0.15, 0.2) is 71.6 Å². The van der Waals surface area contributed by atoms with Crippen LogP contribution in [0, 0.1) is 19.7 Å². The van der Waals surface area contributed by atoms with E-state index in [4.69, 9.17) is 0 Å². The van der Waals surface area contributed by atoms with Crippen molar-refractivity contribution in [2.45, 2.75) is 18.7 Å². The molecule has 0 aliphatic heterocycles. The van der Waals surface area contributed by atoms with E-state index in [1.54, 1.807) is 18.2 Å². The second-order valence-electron chi connectivity index (χ2n) is 6.59. The summed E-state index contributed by atoms with van der Waals surface area (Å²) in [5.74, 6) is -1.07. The van der Waals surface area contributed by atoms with Crippen LogP contribution in [0.1, 0.15) is 21.5 Å². The number of rotatable bonds is 6. The van der Waals surface area contributed by atoms with Gasteiger partial charge in [-0.25, -0.2) is 4.39 Å². The molecule has 0 bridgehead atoms. The highest BCUT2D eigenvalue weighted by Crippen LogP contribution is 2.28. The number of carbonyl (C=O) groups is 2. The maximum atomic E-state index is 13.8. The Morgan fingerprint density at radius 3 is 2.38 bits per heavy atom. The van der Waals surface area contributed by atoms with Gasteiger partial charge in [0.15, 0.2) is 0 Å². The van der Waals surface area contributed by atoms with E-state index in [9.17, 15) is 14.0 Å². The van der Waals surface area contributed by atoms with Gasteiger partial charge in [-0.3, -0.25) is 9.59 Å². The van der Waals surface area contributed by atoms with Crippen molar-refractivity contribution in [1.82, 2.24) is 0 Å². The molecule has 0 radical (unpaired) electrons. The lowest BCUT2D eigenvalue weighted by Crippen LogP contribution is -2.16. The molecule has 3 aromatic rings. The molecular weight excluding hydrogens is 387 g/mol. The molecule has 0 saturated heterocycles. The summed E-state index contributed by atoms with van der Waals surface area (Å²) in [6.07, 6.45) is 0. The monoisotopic (exact) mass is 408 g/mol. The molecule has 0 fully saturated rings. The van der Waals surface area contributed by atoms with Crippen LogP contribution in [-0.4, -0.2) is 17.6 Å². The van der Waals surface area contributed by atoms with E-state index >= 15 is 0 Å². The second-order valence-corrected chi connectivity index (χ2v) is 7.60. The first kappa shape index (κ1) is 20.6. The Morgan fingerprint density at radius 1 is 0.897 bits per heavy atom. The summed E-state index contributed by atoms with van der Waals surface area (Å²) in [6, 6.07) is 18.8. The lowest BCUT2D eigenvalue weighted by molar-refractivity contribution is -0.113. The van der Waals surface area contributed by atoms with Gasteiger partial charge in [-0.1, -0.05) is 42.0 Å². The predicted octanol–water partition coefficient (Wildman–Crippen LogP) is 5.43. The first-order chi connectivity index (χ1) is 13.9. The van der Waals surface area contributed by atoms with E-state index < -0.39 is 11.7 Å². The SMILES string of the molecule is Cc1ccc(NC(=O)CSc2ccccc2NC(=O)c2ccccc2F)c(C)c1. The van der Waals surface area contributed by atoms with Crippen LogP contribution in [0.25, 0.3) is 0 Å². The van der Waals surface area contributed by atoms with Crippen LogP contribution in [0.2, 0.25) is 0 Å². The number of carbonyl (C=O) groups excluding carboxylic acids is 2. The molecular formula is C23H21FN2O2S. The Balaban J connectivity index is 1.65. The fourth-order valence-corrected chi connectivity index (χ4v) is 3.62. The van der Waals surface area contributed by atoms with E-state index in [2.05, 4.69) is 10.6 Å². The molecule has 0 spiro atoms. The molecule has 148 valence electrons. The van der Waals surface area contributed by atoms with Crippen molar-refractivity contribution in [3.63, 3.8) is 0 Å². The largest absolute Gasteiger partial charge is 0.325 e. The standard InChI is InChI=1S/C23H21FN2O2S/c1-15-11-12-19(16(2)13-15)25-22(27)14-29-21-10-6-5-9-20(21)26-23(28)17-7-3-4-8-18(17)24/h3-13H,14H2,1-2H3,(H,25,27)(H,26,28). The molecule has 2 N–H and O–H groups in total. The van der Waals surface area contributed by atoms with Crippen molar-refractivity contribution < 1.29 is 14.0 Å². The van der Waals surface area contributed by atoms with Gasteiger partial charge in [0.1, 0.15) is 5.82 Å².